The average Bonchev–Trinajstić information content (AvgIpc) is 2.90. The molecule has 0 spiro atoms. The highest BCUT2D eigenvalue weighted by Gasteiger charge is 2.26. The molecule has 2 aromatic carbocycles. The molecule has 0 radical (unpaired) electrons. The van der Waals surface area contributed by atoms with E-state index in [9.17, 15) is 15.0 Å². The number of aromatic nitrogens is 1. The number of aryl methyl sites for hydroxylation is 2. The molecule has 0 aliphatic heterocycles. The standard InChI is InChI=1S/C21H23BrN2O3S/c1-12-5-7-13(8-6-12)28-11-17-19(21(26)27)18-14(10-23(2)3)20(25)15(22)9-16(18)24(17)4/h5-9,25H,10-11H2,1-4H3,(H,26,27). The lowest BCUT2D eigenvalue weighted by atomic mass is 10.0. The monoisotopic (exact) mass is 462 g/mol. The van der Waals surface area contributed by atoms with Gasteiger partial charge < -0.3 is 19.7 Å². The number of aromatic hydroxyl groups is 1. The molecule has 0 aliphatic carbocycles. The van der Waals surface area contributed by atoms with Crippen LogP contribution in [0.5, 0.6) is 5.75 Å². The quantitative estimate of drug-likeness (QED) is 0.504. The van der Waals surface area contributed by atoms with Crippen molar-refractivity contribution in [2.75, 3.05) is 14.1 Å². The Bertz CT molecular complexity index is 1040. The number of phenolic OH excluding ortho intramolecular Hbond substituents is 1. The summed E-state index contributed by atoms with van der Waals surface area (Å²) in [5.74, 6) is -0.366. The highest BCUT2D eigenvalue weighted by molar-refractivity contribution is 9.10. The van der Waals surface area contributed by atoms with Gasteiger partial charge in [-0.1, -0.05) is 17.7 Å². The fourth-order valence-electron chi connectivity index (χ4n) is 3.33. The second kappa shape index (κ2) is 8.19. The first-order valence-electron chi connectivity index (χ1n) is 8.79. The van der Waals surface area contributed by atoms with Crippen molar-refractivity contribution >= 4 is 44.6 Å². The SMILES string of the molecule is Cc1ccc(SCc2c(C(=O)O)c3c(CN(C)C)c(O)c(Br)cc3n2C)cc1. The summed E-state index contributed by atoms with van der Waals surface area (Å²) in [5, 5.41) is 21.2. The number of carboxylic acid groups (broad SMARTS) is 1. The number of aromatic carboxylic acids is 1. The summed E-state index contributed by atoms with van der Waals surface area (Å²) in [6.07, 6.45) is 0. The van der Waals surface area contributed by atoms with Crippen molar-refractivity contribution in [2.45, 2.75) is 24.1 Å². The molecule has 0 unspecified atom stereocenters. The minimum absolute atomic E-state index is 0.0898. The van der Waals surface area contributed by atoms with Crippen molar-refractivity contribution in [1.82, 2.24) is 9.47 Å². The first kappa shape index (κ1) is 20.8. The van der Waals surface area contributed by atoms with Gasteiger partial charge in [-0.15, -0.1) is 11.8 Å². The average molecular weight is 463 g/mol. The summed E-state index contributed by atoms with van der Waals surface area (Å²) >= 11 is 5.01. The van der Waals surface area contributed by atoms with Crippen LogP contribution in [-0.4, -0.2) is 39.7 Å². The third-order valence-electron chi connectivity index (χ3n) is 4.72. The zero-order valence-electron chi connectivity index (χ0n) is 16.3. The van der Waals surface area contributed by atoms with Crippen LogP contribution in [0.25, 0.3) is 10.9 Å². The number of benzene rings is 2. The van der Waals surface area contributed by atoms with Crippen LogP contribution in [0.3, 0.4) is 0 Å². The Labute approximate surface area is 177 Å². The summed E-state index contributed by atoms with van der Waals surface area (Å²) in [6.45, 7) is 2.48. The van der Waals surface area contributed by atoms with Crippen molar-refractivity contribution in [1.29, 1.82) is 0 Å². The summed E-state index contributed by atoms with van der Waals surface area (Å²) in [5.41, 5.74) is 3.59. The van der Waals surface area contributed by atoms with Crippen LogP contribution in [0, 0.1) is 6.92 Å². The van der Waals surface area contributed by atoms with Gasteiger partial charge in [-0.3, -0.25) is 0 Å². The second-order valence-electron chi connectivity index (χ2n) is 7.11. The van der Waals surface area contributed by atoms with E-state index in [0.29, 0.717) is 27.7 Å². The smallest absolute Gasteiger partial charge is 0.338 e. The molecule has 1 aromatic heterocycles. The predicted octanol–water partition coefficient (Wildman–Crippen LogP) is 5.01. The lowest BCUT2D eigenvalue weighted by molar-refractivity contribution is 0.0698. The Morgan fingerprint density at radius 1 is 1.25 bits per heavy atom. The maximum Gasteiger partial charge on any atom is 0.338 e. The van der Waals surface area contributed by atoms with Crippen molar-refractivity contribution in [3.8, 4) is 5.75 Å². The number of fused-ring (bicyclic) bond motifs is 1. The third kappa shape index (κ3) is 3.92. The van der Waals surface area contributed by atoms with E-state index in [1.165, 1.54) is 5.56 Å². The molecule has 7 heteroatoms. The Morgan fingerprint density at radius 3 is 2.46 bits per heavy atom. The topological polar surface area (TPSA) is 65.7 Å². The Kier molecular flexibility index (Phi) is 6.07. The molecule has 5 nitrogen and oxygen atoms in total. The van der Waals surface area contributed by atoms with Gasteiger partial charge in [0.15, 0.2) is 0 Å². The number of phenols is 1. The van der Waals surface area contributed by atoms with Crippen LogP contribution in [0.1, 0.15) is 27.2 Å². The highest BCUT2D eigenvalue weighted by atomic mass is 79.9. The van der Waals surface area contributed by atoms with Gasteiger partial charge >= 0.3 is 5.97 Å². The molecule has 0 fully saturated rings. The van der Waals surface area contributed by atoms with Gasteiger partial charge in [0.25, 0.3) is 0 Å². The van der Waals surface area contributed by atoms with Gasteiger partial charge in [0.05, 0.1) is 15.6 Å². The van der Waals surface area contributed by atoms with Crippen LogP contribution in [0.2, 0.25) is 0 Å². The largest absolute Gasteiger partial charge is 0.506 e. The zero-order valence-corrected chi connectivity index (χ0v) is 18.7. The van der Waals surface area contributed by atoms with E-state index in [4.69, 9.17) is 0 Å². The normalized spacial score (nSPS) is 11.5. The maximum atomic E-state index is 12.2. The number of halogens is 1. The van der Waals surface area contributed by atoms with Crippen LogP contribution in [-0.2, 0) is 19.3 Å². The lowest BCUT2D eigenvalue weighted by Crippen LogP contribution is -2.12. The van der Waals surface area contributed by atoms with Gasteiger partial charge in [-0.05, 0) is 55.1 Å². The number of nitrogens with zero attached hydrogens (tertiary/aromatic N) is 2. The zero-order chi connectivity index (χ0) is 20.6. The fraction of sp³-hybridized carbons (Fsp3) is 0.286. The van der Waals surface area contributed by atoms with Gasteiger partial charge in [-0.25, -0.2) is 4.79 Å². The molecule has 148 valence electrons. The summed E-state index contributed by atoms with van der Waals surface area (Å²) in [7, 11) is 5.66. The summed E-state index contributed by atoms with van der Waals surface area (Å²) < 4.78 is 2.48. The summed E-state index contributed by atoms with van der Waals surface area (Å²) in [4.78, 5) is 15.2. The van der Waals surface area contributed by atoms with Crippen molar-refractivity contribution in [3.63, 3.8) is 0 Å². The molecule has 0 amide bonds. The van der Waals surface area contributed by atoms with Crippen LogP contribution < -0.4 is 0 Å². The van der Waals surface area contributed by atoms with E-state index in [0.717, 1.165) is 16.1 Å². The first-order chi connectivity index (χ1) is 13.2. The van der Waals surface area contributed by atoms with E-state index < -0.39 is 5.97 Å². The first-order valence-corrected chi connectivity index (χ1v) is 10.6. The van der Waals surface area contributed by atoms with Gasteiger partial charge in [0.2, 0.25) is 0 Å². The molecule has 0 aliphatic rings. The number of hydrogen-bond acceptors (Lipinski definition) is 4. The minimum atomic E-state index is -0.980. The van der Waals surface area contributed by atoms with E-state index in [2.05, 4.69) is 15.9 Å². The Morgan fingerprint density at radius 2 is 1.89 bits per heavy atom. The van der Waals surface area contributed by atoms with Crippen LogP contribution in [0.4, 0.5) is 0 Å². The molecule has 0 bridgehead atoms. The lowest BCUT2D eigenvalue weighted by Gasteiger charge is -2.14. The van der Waals surface area contributed by atoms with E-state index in [1.807, 2.05) is 61.8 Å². The van der Waals surface area contributed by atoms with Gasteiger partial charge in [-0.2, -0.15) is 0 Å². The van der Waals surface area contributed by atoms with E-state index in [-0.39, 0.29) is 11.3 Å². The third-order valence-corrected chi connectivity index (χ3v) is 6.35. The molecule has 2 N–H and O–H groups in total. The molecule has 28 heavy (non-hydrogen) atoms. The summed E-state index contributed by atoms with van der Waals surface area (Å²) in [6, 6.07) is 9.97. The van der Waals surface area contributed by atoms with Gasteiger partial charge in [0.1, 0.15) is 5.75 Å². The second-order valence-corrected chi connectivity index (χ2v) is 9.01. The van der Waals surface area contributed by atoms with E-state index >= 15 is 0 Å². The fourth-order valence-corrected chi connectivity index (χ4v) is 4.76. The highest BCUT2D eigenvalue weighted by Crippen LogP contribution is 2.40. The molecule has 1 heterocycles. The molecule has 3 aromatic rings. The number of carboxylic acids is 1. The number of carbonyl (C=O) groups is 1. The molecule has 3 rings (SSSR count). The van der Waals surface area contributed by atoms with E-state index in [1.54, 1.807) is 17.8 Å². The van der Waals surface area contributed by atoms with Crippen LogP contribution in [0.15, 0.2) is 39.7 Å². The predicted molar refractivity (Wildman–Crippen MR) is 117 cm³/mol. The number of hydrogen-bond donors (Lipinski definition) is 2. The Hall–Kier alpha value is -1.96. The minimum Gasteiger partial charge on any atom is -0.506 e. The van der Waals surface area contributed by atoms with Crippen molar-refractivity contribution in [2.24, 2.45) is 7.05 Å². The number of rotatable bonds is 6. The van der Waals surface area contributed by atoms with Crippen molar-refractivity contribution < 1.29 is 15.0 Å². The van der Waals surface area contributed by atoms with Crippen LogP contribution >= 0.6 is 27.7 Å². The van der Waals surface area contributed by atoms with Gasteiger partial charge in [0, 0.05) is 40.9 Å². The molecule has 0 saturated heterocycles. The number of thioether (sulfide) groups is 1. The Balaban J connectivity index is 2.16. The maximum absolute atomic E-state index is 12.2. The molecule has 0 atom stereocenters. The molecular weight excluding hydrogens is 440 g/mol. The molecular formula is C21H23BrN2O3S. The molecule has 0 saturated carbocycles. The van der Waals surface area contributed by atoms with Crippen molar-refractivity contribution in [3.05, 3.63) is 57.2 Å².